The Bertz CT molecular complexity index is 1500. The number of hydrogen-bond donors (Lipinski definition) is 5. The number of benzene rings is 2. The number of nitrogens with one attached hydrogen (secondary N) is 3. The summed E-state index contributed by atoms with van der Waals surface area (Å²) in [6.45, 7) is 4.00. The molecule has 0 aliphatic carbocycles. The third kappa shape index (κ3) is 12.2. The van der Waals surface area contributed by atoms with E-state index in [0.717, 1.165) is 5.56 Å². The normalized spacial score (nSPS) is 14.1. The van der Waals surface area contributed by atoms with Gasteiger partial charge in [0.05, 0.1) is 35.1 Å². The fourth-order valence-corrected chi connectivity index (χ4v) is 7.45. The van der Waals surface area contributed by atoms with E-state index in [0.29, 0.717) is 31.2 Å². The fourth-order valence-electron chi connectivity index (χ4n) is 5.29. The molecule has 3 amide bonds. The van der Waals surface area contributed by atoms with Crippen LogP contribution in [0.5, 0.6) is 0 Å². The van der Waals surface area contributed by atoms with Crippen LogP contribution in [-0.2, 0) is 32.4 Å². The molecule has 1 aromatic heterocycles. The molecule has 2 aromatic carbocycles. The summed E-state index contributed by atoms with van der Waals surface area (Å²) in [7, 11) is -3.85. The second kappa shape index (κ2) is 18.9. The maximum Gasteiger partial charge on any atom is 0.253 e. The highest BCUT2D eigenvalue weighted by Crippen LogP contribution is 2.18. The van der Waals surface area contributed by atoms with Crippen LogP contribution in [0.15, 0.2) is 85.2 Å². The highest BCUT2D eigenvalue weighted by atomic mass is 32.2. The fraction of sp³-hybridized carbons (Fsp3) is 0.429. The van der Waals surface area contributed by atoms with Gasteiger partial charge in [0.15, 0.2) is 9.84 Å². The number of carbonyl (C=O) groups excluding carboxylic acids is 3. The van der Waals surface area contributed by atoms with Crippen molar-refractivity contribution in [2.75, 3.05) is 5.75 Å². The summed E-state index contributed by atoms with van der Waals surface area (Å²) in [5.41, 5.74) is 1.71. The lowest BCUT2D eigenvalue weighted by Gasteiger charge is -2.30. The zero-order valence-electron chi connectivity index (χ0n) is 26.9. The SMILES string of the molecule is CCCC(CCC)S(=O)(=O)CC(NC(=O)c1cccnc1)C(=O)N[C@@H](Cc1ccccc1)[C@@H](O)[C@H](O)CC(=O)NCc1ccccc1. The average Bonchev–Trinajstić information content (AvgIpc) is 3.07. The monoisotopic (exact) mass is 666 g/mol. The van der Waals surface area contributed by atoms with Crippen LogP contribution < -0.4 is 16.0 Å². The van der Waals surface area contributed by atoms with Crippen molar-refractivity contribution in [1.29, 1.82) is 0 Å². The minimum absolute atomic E-state index is 0.0563. The first-order chi connectivity index (χ1) is 22.5. The van der Waals surface area contributed by atoms with Gasteiger partial charge in [0.2, 0.25) is 11.8 Å². The third-order valence-electron chi connectivity index (χ3n) is 7.83. The first kappa shape index (κ1) is 37.3. The number of aromatic nitrogens is 1. The number of nitrogens with zero attached hydrogens (tertiary/aromatic N) is 1. The van der Waals surface area contributed by atoms with Crippen LogP contribution in [0.25, 0.3) is 0 Å². The van der Waals surface area contributed by atoms with Gasteiger partial charge in [-0.15, -0.1) is 0 Å². The van der Waals surface area contributed by atoms with Crippen molar-refractivity contribution >= 4 is 27.6 Å². The third-order valence-corrected chi connectivity index (χ3v) is 10.1. The van der Waals surface area contributed by atoms with Crippen LogP contribution >= 0.6 is 0 Å². The quantitative estimate of drug-likeness (QED) is 0.130. The summed E-state index contributed by atoms with van der Waals surface area (Å²) in [4.78, 5) is 43.5. The van der Waals surface area contributed by atoms with E-state index >= 15 is 0 Å². The predicted molar refractivity (Wildman–Crippen MR) is 180 cm³/mol. The molecule has 4 atom stereocenters. The molecule has 0 bridgehead atoms. The van der Waals surface area contributed by atoms with Crippen molar-refractivity contribution in [3.63, 3.8) is 0 Å². The van der Waals surface area contributed by atoms with E-state index in [1.54, 1.807) is 36.4 Å². The number of carbonyl (C=O) groups is 3. The molecule has 3 aromatic rings. The number of hydrogen-bond acceptors (Lipinski definition) is 8. The van der Waals surface area contributed by atoms with E-state index in [9.17, 15) is 33.0 Å². The number of aliphatic hydroxyl groups excluding tert-OH is 2. The number of amides is 3. The van der Waals surface area contributed by atoms with Crippen LogP contribution in [0.3, 0.4) is 0 Å². The molecule has 47 heavy (non-hydrogen) atoms. The van der Waals surface area contributed by atoms with Crippen LogP contribution in [-0.4, -0.2) is 76.6 Å². The Kier molecular flexibility index (Phi) is 15.0. The number of pyridine rings is 1. The molecule has 0 saturated heterocycles. The number of sulfone groups is 1. The van der Waals surface area contributed by atoms with E-state index in [4.69, 9.17) is 0 Å². The first-order valence-electron chi connectivity index (χ1n) is 16.0. The van der Waals surface area contributed by atoms with Crippen molar-refractivity contribution in [1.82, 2.24) is 20.9 Å². The van der Waals surface area contributed by atoms with Crippen molar-refractivity contribution in [3.05, 3.63) is 102 Å². The van der Waals surface area contributed by atoms with E-state index in [1.165, 1.54) is 18.5 Å². The highest BCUT2D eigenvalue weighted by molar-refractivity contribution is 7.92. The maximum atomic E-state index is 13.9. The van der Waals surface area contributed by atoms with Gasteiger partial charge < -0.3 is 26.2 Å². The summed E-state index contributed by atoms with van der Waals surface area (Å²) in [6.07, 6.45) is 1.30. The molecule has 3 rings (SSSR count). The largest absolute Gasteiger partial charge is 0.390 e. The Hall–Kier alpha value is -4.13. The Morgan fingerprint density at radius 1 is 0.830 bits per heavy atom. The lowest BCUT2D eigenvalue weighted by molar-refractivity contribution is -0.127. The van der Waals surface area contributed by atoms with Gasteiger partial charge in [-0.3, -0.25) is 19.4 Å². The molecule has 0 aliphatic heterocycles. The lowest BCUT2D eigenvalue weighted by atomic mass is 9.95. The topological polar surface area (TPSA) is 175 Å². The Balaban J connectivity index is 1.83. The van der Waals surface area contributed by atoms with Crippen LogP contribution in [0, 0.1) is 0 Å². The van der Waals surface area contributed by atoms with Crippen molar-refractivity contribution in [2.24, 2.45) is 0 Å². The summed E-state index contributed by atoms with van der Waals surface area (Å²) in [5.74, 6) is -2.70. The smallest absolute Gasteiger partial charge is 0.253 e. The predicted octanol–water partition coefficient (Wildman–Crippen LogP) is 2.72. The summed E-state index contributed by atoms with van der Waals surface area (Å²) >= 11 is 0. The van der Waals surface area contributed by atoms with Gasteiger partial charge in [-0.25, -0.2) is 8.42 Å². The molecule has 12 heteroatoms. The average molecular weight is 667 g/mol. The van der Waals surface area contributed by atoms with Gasteiger partial charge in [0.1, 0.15) is 12.1 Å². The van der Waals surface area contributed by atoms with Gasteiger partial charge >= 0.3 is 0 Å². The molecule has 0 aliphatic rings. The van der Waals surface area contributed by atoms with Crippen LogP contribution in [0.2, 0.25) is 0 Å². The molecule has 11 nitrogen and oxygen atoms in total. The molecule has 1 heterocycles. The highest BCUT2D eigenvalue weighted by Gasteiger charge is 2.36. The van der Waals surface area contributed by atoms with Gasteiger partial charge in [-0.2, -0.15) is 0 Å². The molecule has 0 radical (unpaired) electrons. The van der Waals surface area contributed by atoms with Gasteiger partial charge in [-0.05, 0) is 42.5 Å². The molecule has 254 valence electrons. The van der Waals surface area contributed by atoms with Crippen molar-refractivity contribution in [3.8, 4) is 0 Å². The Labute approximate surface area is 277 Å². The minimum atomic E-state index is -3.85. The lowest BCUT2D eigenvalue weighted by Crippen LogP contribution is -2.57. The molecule has 5 N–H and O–H groups in total. The minimum Gasteiger partial charge on any atom is -0.390 e. The van der Waals surface area contributed by atoms with E-state index in [1.807, 2.05) is 44.2 Å². The second-order valence-electron chi connectivity index (χ2n) is 11.6. The van der Waals surface area contributed by atoms with Crippen LogP contribution in [0.4, 0.5) is 0 Å². The second-order valence-corrected chi connectivity index (χ2v) is 14.0. The Morgan fingerprint density at radius 3 is 2.02 bits per heavy atom. The van der Waals surface area contributed by atoms with Crippen molar-refractivity contribution in [2.45, 2.75) is 88.5 Å². The van der Waals surface area contributed by atoms with E-state index in [-0.39, 0.29) is 18.5 Å². The Morgan fingerprint density at radius 2 is 1.45 bits per heavy atom. The summed E-state index contributed by atoms with van der Waals surface area (Å²) in [6, 6.07) is 18.5. The maximum absolute atomic E-state index is 13.9. The zero-order valence-corrected chi connectivity index (χ0v) is 27.7. The molecular weight excluding hydrogens is 620 g/mol. The molecule has 1 unspecified atom stereocenters. The molecule has 0 fully saturated rings. The first-order valence-corrected chi connectivity index (χ1v) is 17.7. The molecular formula is C35H46N4O7S. The van der Waals surface area contributed by atoms with E-state index in [2.05, 4.69) is 20.9 Å². The number of rotatable bonds is 19. The van der Waals surface area contributed by atoms with Gasteiger partial charge in [0, 0.05) is 18.9 Å². The standard InChI is InChI=1S/C35H46N4O7S/c1-3-12-28(13-4-2)47(45,46)24-30(39-34(43)27-18-11-19-36-23-27)35(44)38-29(20-25-14-7-5-8-15-25)33(42)31(40)21-32(41)37-22-26-16-9-6-10-17-26/h5-11,14-19,23,28-31,33,40,42H,3-4,12-13,20-22,24H2,1-2H3,(H,37,41)(H,38,44)(H,39,43)/t29-,30?,31+,33+/m0/s1. The molecule has 0 saturated carbocycles. The van der Waals surface area contributed by atoms with Crippen molar-refractivity contribution < 1.29 is 33.0 Å². The molecule has 0 spiro atoms. The van der Waals surface area contributed by atoms with Gasteiger partial charge in [0.25, 0.3) is 5.91 Å². The van der Waals surface area contributed by atoms with Gasteiger partial charge in [-0.1, -0.05) is 87.4 Å². The van der Waals surface area contributed by atoms with E-state index < -0.39 is 69.3 Å². The zero-order chi connectivity index (χ0) is 34.2. The number of aliphatic hydroxyl groups is 2. The summed E-state index contributed by atoms with van der Waals surface area (Å²) < 4.78 is 27.1. The summed E-state index contributed by atoms with van der Waals surface area (Å²) in [5, 5.41) is 29.4. The van der Waals surface area contributed by atoms with Crippen LogP contribution in [0.1, 0.15) is 67.4 Å².